The van der Waals surface area contributed by atoms with E-state index in [2.05, 4.69) is 57.8 Å². The molecule has 0 aliphatic carbocycles. The van der Waals surface area contributed by atoms with Crippen molar-refractivity contribution in [3.63, 3.8) is 0 Å². The van der Waals surface area contributed by atoms with Gasteiger partial charge in [-0.15, -0.1) is 11.3 Å². The van der Waals surface area contributed by atoms with Gasteiger partial charge in [-0.25, -0.2) is 0 Å². The summed E-state index contributed by atoms with van der Waals surface area (Å²) in [6, 6.07) is 10.6. The Kier molecular flexibility index (Phi) is 4.80. The number of thiophene rings is 1. The molecule has 0 aliphatic heterocycles. The number of benzene rings is 1. The van der Waals surface area contributed by atoms with Crippen LogP contribution in [0, 0.1) is 0 Å². The molecule has 0 bridgehead atoms. The fourth-order valence-electron chi connectivity index (χ4n) is 1.91. The zero-order chi connectivity index (χ0) is 13.0. The lowest BCUT2D eigenvalue weighted by Gasteiger charge is -2.18. The van der Waals surface area contributed by atoms with E-state index in [1.54, 1.807) is 18.4 Å². The van der Waals surface area contributed by atoms with Gasteiger partial charge < -0.3 is 10.1 Å². The zero-order valence-electron chi connectivity index (χ0n) is 10.4. The minimum atomic E-state index is 0.193. The normalized spacial score (nSPS) is 12.4. The molecule has 0 spiro atoms. The van der Waals surface area contributed by atoms with Gasteiger partial charge in [-0.05, 0) is 35.7 Å². The van der Waals surface area contributed by atoms with Gasteiger partial charge in [0.05, 0.1) is 18.0 Å². The van der Waals surface area contributed by atoms with E-state index in [-0.39, 0.29) is 6.04 Å². The van der Waals surface area contributed by atoms with Crippen molar-refractivity contribution in [1.29, 1.82) is 0 Å². The highest BCUT2D eigenvalue weighted by molar-refractivity contribution is 9.10. The van der Waals surface area contributed by atoms with Crippen LogP contribution in [0.2, 0.25) is 0 Å². The Morgan fingerprint density at radius 2 is 2.00 bits per heavy atom. The highest BCUT2D eigenvalue weighted by Crippen LogP contribution is 2.34. The minimum Gasteiger partial charge on any atom is -0.496 e. The number of rotatable bonds is 5. The van der Waals surface area contributed by atoms with Crippen LogP contribution in [0.4, 0.5) is 0 Å². The first-order chi connectivity index (χ1) is 8.76. The Balaban J connectivity index is 2.36. The highest BCUT2D eigenvalue weighted by atomic mass is 79.9. The van der Waals surface area contributed by atoms with Crippen LogP contribution in [0.15, 0.2) is 40.2 Å². The van der Waals surface area contributed by atoms with Gasteiger partial charge in [-0.3, -0.25) is 0 Å². The third-order valence-electron chi connectivity index (χ3n) is 2.75. The van der Waals surface area contributed by atoms with Gasteiger partial charge in [0, 0.05) is 4.47 Å². The van der Waals surface area contributed by atoms with E-state index < -0.39 is 0 Å². The Morgan fingerprint density at radius 3 is 2.61 bits per heavy atom. The maximum Gasteiger partial charge on any atom is 0.134 e. The molecular weight excluding hydrogens is 310 g/mol. The summed E-state index contributed by atoms with van der Waals surface area (Å²) >= 11 is 5.19. The van der Waals surface area contributed by atoms with E-state index in [0.29, 0.717) is 0 Å². The summed E-state index contributed by atoms with van der Waals surface area (Å²) in [5.74, 6) is 0.953. The lowest BCUT2D eigenvalue weighted by Crippen LogP contribution is -2.21. The van der Waals surface area contributed by atoms with Gasteiger partial charge in [0.1, 0.15) is 5.75 Å². The first kappa shape index (κ1) is 13.6. The summed E-state index contributed by atoms with van der Waals surface area (Å²) in [7, 11) is 1.72. The third kappa shape index (κ3) is 2.94. The van der Waals surface area contributed by atoms with Crippen LogP contribution in [0.5, 0.6) is 5.75 Å². The Hall–Kier alpha value is -0.840. The molecule has 2 rings (SSSR count). The lowest BCUT2D eigenvalue weighted by atomic mass is 10.1. The molecule has 0 saturated heterocycles. The second-order valence-electron chi connectivity index (χ2n) is 3.90. The van der Waals surface area contributed by atoms with Crippen molar-refractivity contribution in [1.82, 2.24) is 5.32 Å². The minimum absolute atomic E-state index is 0.193. The Morgan fingerprint density at radius 1 is 1.28 bits per heavy atom. The number of halogens is 1. The summed E-state index contributed by atoms with van der Waals surface area (Å²) in [6.45, 7) is 3.04. The molecule has 1 aromatic carbocycles. The standard InChI is InChI=1S/C14H16BrNOS/c1-3-16-13(10-4-6-11(15)7-5-10)14-12(17-2)8-9-18-14/h4-9,13,16H,3H2,1-2H3. The van der Waals surface area contributed by atoms with Crippen molar-refractivity contribution < 1.29 is 4.74 Å². The molecule has 2 aromatic rings. The van der Waals surface area contributed by atoms with Crippen LogP contribution in [0.25, 0.3) is 0 Å². The molecule has 0 fully saturated rings. The van der Waals surface area contributed by atoms with Gasteiger partial charge >= 0.3 is 0 Å². The van der Waals surface area contributed by atoms with Gasteiger partial charge in [0.2, 0.25) is 0 Å². The summed E-state index contributed by atoms with van der Waals surface area (Å²) in [5, 5.41) is 5.58. The molecule has 1 unspecified atom stereocenters. The molecule has 18 heavy (non-hydrogen) atoms. The van der Waals surface area contributed by atoms with Crippen LogP contribution >= 0.6 is 27.3 Å². The third-order valence-corrected chi connectivity index (χ3v) is 4.24. The van der Waals surface area contributed by atoms with E-state index in [1.807, 2.05) is 6.07 Å². The van der Waals surface area contributed by atoms with Gasteiger partial charge in [0.15, 0.2) is 0 Å². The van der Waals surface area contributed by atoms with Crippen LogP contribution in [-0.4, -0.2) is 13.7 Å². The first-order valence-corrected chi connectivity index (χ1v) is 7.53. The zero-order valence-corrected chi connectivity index (χ0v) is 12.8. The predicted molar refractivity (Wildman–Crippen MR) is 80.5 cm³/mol. The predicted octanol–water partition coefficient (Wildman–Crippen LogP) is 4.22. The molecule has 4 heteroatoms. The van der Waals surface area contributed by atoms with Crippen LogP contribution in [0.1, 0.15) is 23.4 Å². The van der Waals surface area contributed by atoms with Crippen molar-refractivity contribution in [2.45, 2.75) is 13.0 Å². The molecular formula is C14H16BrNOS. The first-order valence-electron chi connectivity index (χ1n) is 5.86. The fraction of sp³-hybridized carbons (Fsp3) is 0.286. The summed E-state index contributed by atoms with van der Waals surface area (Å²) in [4.78, 5) is 1.22. The molecule has 0 radical (unpaired) electrons. The highest BCUT2D eigenvalue weighted by Gasteiger charge is 2.18. The molecule has 0 amide bonds. The molecule has 1 heterocycles. The number of hydrogen-bond donors (Lipinski definition) is 1. The quantitative estimate of drug-likeness (QED) is 0.888. The average Bonchev–Trinajstić information content (AvgIpc) is 2.85. The van der Waals surface area contributed by atoms with E-state index >= 15 is 0 Å². The smallest absolute Gasteiger partial charge is 0.134 e. The largest absolute Gasteiger partial charge is 0.496 e. The molecule has 1 N–H and O–H groups in total. The Labute approximate surface area is 120 Å². The average molecular weight is 326 g/mol. The summed E-state index contributed by atoms with van der Waals surface area (Å²) in [5.41, 5.74) is 1.25. The monoisotopic (exact) mass is 325 g/mol. The number of hydrogen-bond acceptors (Lipinski definition) is 3. The maximum atomic E-state index is 5.42. The van der Waals surface area contributed by atoms with Crippen molar-refractivity contribution in [2.75, 3.05) is 13.7 Å². The maximum absolute atomic E-state index is 5.42. The number of methoxy groups -OCH3 is 1. The molecule has 0 saturated carbocycles. The SMILES string of the molecule is CCNC(c1ccc(Br)cc1)c1sccc1OC. The van der Waals surface area contributed by atoms with Gasteiger partial charge in [0.25, 0.3) is 0 Å². The molecule has 96 valence electrons. The van der Waals surface area contributed by atoms with Gasteiger partial charge in [-0.1, -0.05) is 35.0 Å². The van der Waals surface area contributed by atoms with Crippen molar-refractivity contribution in [3.8, 4) is 5.75 Å². The van der Waals surface area contributed by atoms with Crippen molar-refractivity contribution in [2.24, 2.45) is 0 Å². The van der Waals surface area contributed by atoms with E-state index in [1.165, 1.54) is 10.4 Å². The van der Waals surface area contributed by atoms with Crippen LogP contribution in [0.3, 0.4) is 0 Å². The Bertz CT molecular complexity index is 495. The summed E-state index contributed by atoms with van der Waals surface area (Å²) in [6.07, 6.45) is 0. The van der Waals surface area contributed by atoms with Crippen LogP contribution in [-0.2, 0) is 0 Å². The topological polar surface area (TPSA) is 21.3 Å². The molecule has 2 nitrogen and oxygen atoms in total. The van der Waals surface area contributed by atoms with Crippen molar-refractivity contribution in [3.05, 3.63) is 50.6 Å². The number of nitrogens with one attached hydrogen (secondary N) is 1. The summed E-state index contributed by atoms with van der Waals surface area (Å²) < 4.78 is 6.52. The fourth-order valence-corrected chi connectivity index (χ4v) is 3.14. The van der Waals surface area contributed by atoms with Gasteiger partial charge in [-0.2, -0.15) is 0 Å². The number of ether oxygens (including phenoxy) is 1. The van der Waals surface area contributed by atoms with E-state index in [0.717, 1.165) is 16.8 Å². The second-order valence-corrected chi connectivity index (χ2v) is 5.76. The molecule has 1 atom stereocenters. The molecule has 1 aromatic heterocycles. The van der Waals surface area contributed by atoms with E-state index in [4.69, 9.17) is 4.74 Å². The van der Waals surface area contributed by atoms with Crippen LogP contribution < -0.4 is 10.1 Å². The van der Waals surface area contributed by atoms with Crippen molar-refractivity contribution >= 4 is 27.3 Å². The lowest BCUT2D eigenvalue weighted by molar-refractivity contribution is 0.408. The van der Waals surface area contributed by atoms with E-state index in [9.17, 15) is 0 Å². The molecule has 0 aliphatic rings. The second kappa shape index (κ2) is 6.36.